The normalized spacial score (nSPS) is 12.9. The molecule has 0 saturated carbocycles. The van der Waals surface area contributed by atoms with Gasteiger partial charge >= 0.3 is 5.97 Å². The Morgan fingerprint density at radius 3 is 2.62 bits per heavy atom. The van der Waals surface area contributed by atoms with Gasteiger partial charge in [-0.3, -0.25) is 14.0 Å². The number of hydrogen-bond donors (Lipinski definition) is 4. The van der Waals surface area contributed by atoms with Crippen LogP contribution in [0.4, 0.5) is 5.82 Å². The summed E-state index contributed by atoms with van der Waals surface area (Å²) in [6.07, 6.45) is 5.77. The van der Waals surface area contributed by atoms with E-state index in [-0.39, 0.29) is 5.56 Å². The number of nitrogens with zero attached hydrogens (tertiary/aromatic N) is 2. The topological polar surface area (TPSA) is 131 Å². The predicted octanol–water partition coefficient (Wildman–Crippen LogP) is 3.08. The minimum Gasteiger partial charge on any atom is -0.495 e. The Hall–Kier alpha value is -4.27. The van der Waals surface area contributed by atoms with Crippen LogP contribution in [0.2, 0.25) is 0 Å². The van der Waals surface area contributed by atoms with Crippen molar-refractivity contribution in [3.63, 3.8) is 0 Å². The smallest absolute Gasteiger partial charge is 0.325 e. The lowest BCUT2D eigenvalue weighted by Gasteiger charge is -2.11. The zero-order valence-corrected chi connectivity index (χ0v) is 19.4. The Balaban J connectivity index is 2.02. The van der Waals surface area contributed by atoms with Crippen molar-refractivity contribution in [2.75, 3.05) is 12.4 Å². The summed E-state index contributed by atoms with van der Waals surface area (Å²) in [5, 5.41) is 15.1. The van der Waals surface area contributed by atoms with E-state index in [4.69, 9.17) is 20.6 Å². The maximum atomic E-state index is 12.8. The zero-order chi connectivity index (χ0) is 24.7. The Morgan fingerprint density at radius 1 is 1.24 bits per heavy atom. The van der Waals surface area contributed by atoms with E-state index in [0.29, 0.717) is 41.6 Å². The number of amides is 1. The second-order valence-electron chi connectivity index (χ2n) is 7.62. The van der Waals surface area contributed by atoms with Crippen LogP contribution in [0.3, 0.4) is 0 Å². The number of fused-ring (bicyclic) bond motifs is 1. The van der Waals surface area contributed by atoms with Crippen molar-refractivity contribution in [3.05, 3.63) is 89.1 Å². The van der Waals surface area contributed by atoms with Crippen LogP contribution in [0.15, 0.2) is 72.3 Å². The predicted molar refractivity (Wildman–Crippen MR) is 130 cm³/mol. The molecular weight excluding hydrogens is 434 g/mol. The first-order valence-corrected chi connectivity index (χ1v) is 10.8. The number of pyridine rings is 1. The third-order valence-electron chi connectivity index (χ3n) is 5.27. The van der Waals surface area contributed by atoms with Gasteiger partial charge in [0.15, 0.2) is 5.65 Å². The molecule has 0 aliphatic carbocycles. The van der Waals surface area contributed by atoms with E-state index in [1.807, 2.05) is 37.3 Å². The number of aliphatic carboxylic acids is 1. The highest BCUT2D eigenvalue weighted by atomic mass is 16.5. The number of nitrogens with one attached hydrogen (secondary N) is 2. The Bertz CT molecular complexity index is 1230. The number of carboxylic acid groups (broad SMARTS) is 1. The lowest BCUT2D eigenvalue weighted by molar-refractivity contribution is -0.138. The minimum absolute atomic E-state index is 0.271. The average Bonchev–Trinajstić information content (AvgIpc) is 3.20. The van der Waals surface area contributed by atoms with E-state index in [9.17, 15) is 9.59 Å². The lowest BCUT2D eigenvalue weighted by atomic mass is 10.2. The number of carboxylic acids is 1. The number of methoxy groups -OCH3 is 1. The Kier molecular flexibility index (Phi) is 7.92. The molecule has 9 nitrogen and oxygen atoms in total. The summed E-state index contributed by atoms with van der Waals surface area (Å²) in [5.41, 5.74) is 9.07. The van der Waals surface area contributed by atoms with Gasteiger partial charge in [-0.15, -0.1) is 0 Å². The SMILES string of the molecule is C/C=C(OC)\C(N)=C/Cc1nc2c(C(=O)NC(C)C(=O)O)cccn2c1NCc1ccccc1. The molecule has 0 aliphatic rings. The van der Waals surface area contributed by atoms with Crippen molar-refractivity contribution in [1.82, 2.24) is 14.7 Å². The molecule has 0 saturated heterocycles. The highest BCUT2D eigenvalue weighted by molar-refractivity contribution is 6.01. The number of ether oxygens (including phenoxy) is 1. The van der Waals surface area contributed by atoms with Crippen molar-refractivity contribution in [2.24, 2.45) is 5.73 Å². The van der Waals surface area contributed by atoms with Gasteiger partial charge in [0.1, 0.15) is 17.6 Å². The molecule has 1 atom stereocenters. The molecule has 0 spiro atoms. The van der Waals surface area contributed by atoms with Crippen LogP contribution in [0.1, 0.15) is 35.5 Å². The van der Waals surface area contributed by atoms with E-state index in [1.54, 1.807) is 42.0 Å². The molecule has 0 fully saturated rings. The maximum absolute atomic E-state index is 12.8. The standard InChI is InChI=1S/C25H29N5O4/c1-4-21(34-3)19(26)12-13-20-23(27-15-17-9-6-5-7-10-17)30-14-8-11-18(22(30)29-20)24(31)28-16(2)25(32)33/h4-12,14,16,27H,13,15,26H2,1-3H3,(H,28,31)(H,32,33)/b19-12+,21-4+. The van der Waals surface area contributed by atoms with Crippen LogP contribution in [0, 0.1) is 0 Å². The summed E-state index contributed by atoms with van der Waals surface area (Å²) in [6.45, 7) is 3.79. The molecule has 2 aromatic heterocycles. The van der Waals surface area contributed by atoms with Gasteiger partial charge in [-0.2, -0.15) is 0 Å². The number of anilines is 1. The van der Waals surface area contributed by atoms with Crippen LogP contribution in [0.25, 0.3) is 5.65 Å². The molecule has 5 N–H and O–H groups in total. The number of aromatic nitrogens is 2. The third-order valence-corrected chi connectivity index (χ3v) is 5.27. The number of hydrogen-bond acceptors (Lipinski definition) is 6. The third kappa shape index (κ3) is 5.55. The van der Waals surface area contributed by atoms with Crippen molar-refractivity contribution in [1.29, 1.82) is 0 Å². The molecule has 1 unspecified atom stereocenters. The fraction of sp³-hybridized carbons (Fsp3) is 0.240. The van der Waals surface area contributed by atoms with E-state index in [2.05, 4.69) is 10.6 Å². The van der Waals surface area contributed by atoms with Gasteiger partial charge in [-0.1, -0.05) is 36.4 Å². The second-order valence-corrected chi connectivity index (χ2v) is 7.62. The molecule has 1 amide bonds. The van der Waals surface area contributed by atoms with Crippen LogP contribution in [-0.4, -0.2) is 39.5 Å². The molecule has 178 valence electrons. The highest BCUT2D eigenvalue weighted by Crippen LogP contribution is 2.23. The first-order valence-electron chi connectivity index (χ1n) is 10.8. The number of rotatable bonds is 10. The number of imidazole rings is 1. The van der Waals surface area contributed by atoms with Gasteiger partial charge in [-0.05, 0) is 37.6 Å². The summed E-state index contributed by atoms with van der Waals surface area (Å²) >= 11 is 0. The molecule has 9 heteroatoms. The van der Waals surface area contributed by atoms with Crippen molar-refractivity contribution >= 4 is 23.3 Å². The van der Waals surface area contributed by atoms with Gasteiger partial charge in [-0.25, -0.2) is 4.98 Å². The number of benzene rings is 1. The van der Waals surface area contributed by atoms with E-state index >= 15 is 0 Å². The van der Waals surface area contributed by atoms with Gasteiger partial charge in [0, 0.05) is 19.2 Å². The van der Waals surface area contributed by atoms with Crippen LogP contribution >= 0.6 is 0 Å². The summed E-state index contributed by atoms with van der Waals surface area (Å²) < 4.78 is 7.06. The van der Waals surface area contributed by atoms with Gasteiger partial charge in [0.25, 0.3) is 5.91 Å². The number of carbonyl (C=O) groups is 2. The summed E-state index contributed by atoms with van der Waals surface area (Å²) in [7, 11) is 1.55. The van der Waals surface area contributed by atoms with Gasteiger partial charge < -0.3 is 26.2 Å². The van der Waals surface area contributed by atoms with E-state index < -0.39 is 17.9 Å². The van der Waals surface area contributed by atoms with Crippen LogP contribution in [0.5, 0.6) is 0 Å². The van der Waals surface area contributed by atoms with E-state index in [1.165, 1.54) is 6.92 Å². The van der Waals surface area contributed by atoms with Gasteiger partial charge in [0.05, 0.1) is 24.1 Å². The van der Waals surface area contributed by atoms with Crippen LogP contribution < -0.4 is 16.4 Å². The monoisotopic (exact) mass is 463 g/mol. The highest BCUT2D eigenvalue weighted by Gasteiger charge is 2.21. The molecule has 0 bridgehead atoms. The molecule has 34 heavy (non-hydrogen) atoms. The summed E-state index contributed by atoms with van der Waals surface area (Å²) in [6, 6.07) is 12.2. The van der Waals surface area contributed by atoms with Crippen molar-refractivity contribution in [2.45, 2.75) is 32.9 Å². The number of allylic oxidation sites excluding steroid dienone is 2. The quantitative estimate of drug-likeness (QED) is 0.268. The minimum atomic E-state index is -1.12. The van der Waals surface area contributed by atoms with Crippen LogP contribution in [-0.2, 0) is 22.5 Å². The zero-order valence-electron chi connectivity index (χ0n) is 19.4. The van der Waals surface area contributed by atoms with E-state index in [0.717, 1.165) is 5.56 Å². The summed E-state index contributed by atoms with van der Waals surface area (Å²) in [4.78, 5) is 28.7. The number of carbonyl (C=O) groups excluding carboxylic acids is 1. The first kappa shape index (κ1) is 24.4. The molecule has 0 aliphatic heterocycles. The molecule has 3 aromatic rings. The maximum Gasteiger partial charge on any atom is 0.325 e. The fourth-order valence-corrected chi connectivity index (χ4v) is 3.45. The van der Waals surface area contributed by atoms with Gasteiger partial charge in [0.2, 0.25) is 0 Å². The molecule has 3 rings (SSSR count). The number of nitrogens with two attached hydrogens (primary N) is 1. The first-order chi connectivity index (χ1) is 16.3. The summed E-state index contributed by atoms with van der Waals surface area (Å²) in [5.74, 6) is -0.362. The average molecular weight is 464 g/mol. The molecule has 1 aromatic carbocycles. The fourth-order valence-electron chi connectivity index (χ4n) is 3.45. The molecular formula is C25H29N5O4. The Morgan fingerprint density at radius 2 is 1.97 bits per heavy atom. The Labute approximate surface area is 197 Å². The van der Waals surface area contributed by atoms with Crippen molar-refractivity contribution < 1.29 is 19.4 Å². The molecule has 0 radical (unpaired) electrons. The lowest BCUT2D eigenvalue weighted by Crippen LogP contribution is -2.38. The molecule has 2 heterocycles. The van der Waals surface area contributed by atoms with Crippen molar-refractivity contribution in [3.8, 4) is 0 Å². The second kappa shape index (κ2) is 11.0. The largest absolute Gasteiger partial charge is 0.495 e.